The van der Waals surface area contributed by atoms with E-state index in [1.807, 2.05) is 30.5 Å². The molecule has 1 aromatic heterocycles. The lowest BCUT2D eigenvalue weighted by Crippen LogP contribution is -2.42. The lowest BCUT2D eigenvalue weighted by atomic mass is 9.99. The highest BCUT2D eigenvalue weighted by atomic mass is 32.2. The zero-order valence-electron chi connectivity index (χ0n) is 26.5. The Morgan fingerprint density at radius 3 is 2.57 bits per heavy atom. The highest BCUT2D eigenvalue weighted by Gasteiger charge is 2.21. The van der Waals surface area contributed by atoms with Crippen molar-refractivity contribution in [2.75, 3.05) is 50.7 Å². The van der Waals surface area contributed by atoms with E-state index in [2.05, 4.69) is 33.4 Å². The molecule has 246 valence electrons. The van der Waals surface area contributed by atoms with Crippen LogP contribution in [0.25, 0.3) is 10.9 Å². The second-order valence-electron chi connectivity index (χ2n) is 12.3. The fraction of sp³-hybridized carbons (Fsp3) is 0.400. The minimum Gasteiger partial charge on any atom is -0.462 e. The Bertz CT molecular complexity index is 1700. The predicted molar refractivity (Wildman–Crippen MR) is 179 cm³/mol. The van der Waals surface area contributed by atoms with E-state index in [0.29, 0.717) is 30.0 Å². The van der Waals surface area contributed by atoms with E-state index in [9.17, 15) is 18.3 Å². The Labute approximate surface area is 271 Å². The molecule has 4 aromatic rings. The molecule has 1 fully saturated rings. The summed E-state index contributed by atoms with van der Waals surface area (Å²) in [6, 6.07) is 22.7. The van der Waals surface area contributed by atoms with Crippen molar-refractivity contribution in [2.24, 2.45) is 0 Å². The van der Waals surface area contributed by atoms with Gasteiger partial charge in [-0.2, -0.15) is 0 Å². The molecule has 2 heterocycles. The van der Waals surface area contributed by atoms with Crippen LogP contribution in [-0.2, 0) is 26.0 Å². The van der Waals surface area contributed by atoms with E-state index in [1.165, 1.54) is 12.1 Å². The standard InChI is InChI=1S/C35H44N4O6S/c1-35(2,36-26-33(40)28-8-6-9-30(25-28)37-46(42,43)31-10-4-3-5-11-31)15-18-39-17-14-27-24-29(12-13-32(27)39)34(41)45-21-7-16-38-19-22-44-23-20-38/h3-6,8-14,17,24-25,33,36-37,40H,7,15-16,18-23,26H2,1-2H3/t33-/m0/s1. The van der Waals surface area contributed by atoms with Crippen LogP contribution in [0, 0.1) is 0 Å². The molecule has 1 aliphatic heterocycles. The van der Waals surface area contributed by atoms with Gasteiger partial charge in [-0.1, -0.05) is 30.3 Å². The van der Waals surface area contributed by atoms with Gasteiger partial charge in [0.05, 0.1) is 36.4 Å². The maximum Gasteiger partial charge on any atom is 0.338 e. The smallest absolute Gasteiger partial charge is 0.338 e. The number of benzene rings is 3. The van der Waals surface area contributed by atoms with Gasteiger partial charge in [0.2, 0.25) is 0 Å². The van der Waals surface area contributed by atoms with E-state index in [4.69, 9.17) is 9.47 Å². The highest BCUT2D eigenvalue weighted by molar-refractivity contribution is 7.92. The van der Waals surface area contributed by atoms with Crippen molar-refractivity contribution in [3.05, 3.63) is 96.2 Å². The van der Waals surface area contributed by atoms with Gasteiger partial charge >= 0.3 is 5.97 Å². The van der Waals surface area contributed by atoms with Crippen LogP contribution in [0.4, 0.5) is 5.69 Å². The van der Waals surface area contributed by atoms with Gasteiger partial charge in [-0.05, 0) is 80.8 Å². The van der Waals surface area contributed by atoms with Gasteiger partial charge in [0, 0.05) is 61.0 Å². The maximum absolute atomic E-state index is 12.7. The first-order chi connectivity index (χ1) is 22.1. The number of sulfonamides is 1. The van der Waals surface area contributed by atoms with Crippen molar-refractivity contribution in [3.8, 4) is 0 Å². The van der Waals surface area contributed by atoms with E-state index in [-0.39, 0.29) is 16.4 Å². The number of hydrogen-bond acceptors (Lipinski definition) is 8. The molecule has 0 saturated carbocycles. The lowest BCUT2D eigenvalue weighted by Gasteiger charge is -2.28. The van der Waals surface area contributed by atoms with Crippen molar-refractivity contribution >= 4 is 32.6 Å². The van der Waals surface area contributed by atoms with E-state index in [1.54, 1.807) is 42.5 Å². The number of aliphatic hydroxyl groups is 1. The van der Waals surface area contributed by atoms with Gasteiger partial charge < -0.3 is 24.5 Å². The first kappa shape index (κ1) is 33.6. The summed E-state index contributed by atoms with van der Waals surface area (Å²) in [7, 11) is -3.73. The minimum absolute atomic E-state index is 0.175. The van der Waals surface area contributed by atoms with Crippen LogP contribution in [-0.4, -0.2) is 80.5 Å². The van der Waals surface area contributed by atoms with Gasteiger partial charge in [-0.3, -0.25) is 9.62 Å². The summed E-state index contributed by atoms with van der Waals surface area (Å²) in [6.07, 6.45) is 2.78. The van der Waals surface area contributed by atoms with Crippen molar-refractivity contribution in [2.45, 2.75) is 49.8 Å². The van der Waals surface area contributed by atoms with Crippen molar-refractivity contribution < 1.29 is 27.8 Å². The van der Waals surface area contributed by atoms with Gasteiger partial charge in [-0.15, -0.1) is 0 Å². The normalized spacial score (nSPS) is 15.1. The van der Waals surface area contributed by atoms with Crippen LogP contribution in [0.2, 0.25) is 0 Å². The summed E-state index contributed by atoms with van der Waals surface area (Å²) < 4.78 is 41.1. The fourth-order valence-electron chi connectivity index (χ4n) is 5.49. The molecule has 0 aliphatic carbocycles. The lowest BCUT2D eigenvalue weighted by molar-refractivity contribution is 0.0298. The zero-order chi connectivity index (χ0) is 32.6. The van der Waals surface area contributed by atoms with Crippen LogP contribution in [0.5, 0.6) is 0 Å². The van der Waals surface area contributed by atoms with E-state index in [0.717, 1.165) is 63.1 Å². The minimum atomic E-state index is -3.73. The zero-order valence-corrected chi connectivity index (χ0v) is 27.3. The topological polar surface area (TPSA) is 122 Å². The molecule has 1 aliphatic rings. The predicted octanol–water partition coefficient (Wildman–Crippen LogP) is 4.81. The first-order valence-corrected chi connectivity index (χ1v) is 17.3. The molecule has 11 heteroatoms. The van der Waals surface area contributed by atoms with Crippen molar-refractivity contribution in [1.29, 1.82) is 0 Å². The molecule has 10 nitrogen and oxygen atoms in total. The second-order valence-corrected chi connectivity index (χ2v) is 14.0. The average molecular weight is 649 g/mol. The summed E-state index contributed by atoms with van der Waals surface area (Å²) >= 11 is 0. The Kier molecular flexibility index (Phi) is 11.1. The third-order valence-corrected chi connectivity index (χ3v) is 9.69. The van der Waals surface area contributed by atoms with Gasteiger partial charge in [0.1, 0.15) is 0 Å². The third kappa shape index (κ3) is 9.17. The molecule has 0 amide bonds. The number of aromatic nitrogens is 1. The number of esters is 1. The third-order valence-electron chi connectivity index (χ3n) is 8.29. The van der Waals surface area contributed by atoms with Gasteiger partial charge in [0.15, 0.2) is 0 Å². The Hall–Kier alpha value is -3.74. The average Bonchev–Trinajstić information content (AvgIpc) is 3.48. The number of nitrogens with zero attached hydrogens (tertiary/aromatic N) is 2. The molecule has 0 radical (unpaired) electrons. The maximum atomic E-state index is 12.7. The molecule has 3 N–H and O–H groups in total. The largest absolute Gasteiger partial charge is 0.462 e. The quantitative estimate of drug-likeness (QED) is 0.124. The number of aliphatic hydroxyl groups excluding tert-OH is 1. The highest BCUT2D eigenvalue weighted by Crippen LogP contribution is 2.23. The molecular weight excluding hydrogens is 604 g/mol. The molecule has 5 rings (SSSR count). The van der Waals surface area contributed by atoms with Crippen LogP contribution >= 0.6 is 0 Å². The number of morpholine rings is 1. The number of fused-ring (bicyclic) bond motifs is 1. The number of rotatable bonds is 15. The molecule has 1 atom stereocenters. The number of carbonyl (C=O) groups excluding carboxylic acids is 1. The monoisotopic (exact) mass is 648 g/mol. The molecule has 46 heavy (non-hydrogen) atoms. The number of carbonyl (C=O) groups is 1. The van der Waals surface area contributed by atoms with Crippen molar-refractivity contribution in [3.63, 3.8) is 0 Å². The van der Waals surface area contributed by atoms with E-state index < -0.39 is 16.1 Å². The first-order valence-electron chi connectivity index (χ1n) is 15.8. The number of nitrogens with one attached hydrogen (secondary N) is 2. The molecule has 0 unspecified atom stereocenters. The number of aryl methyl sites for hydroxylation is 1. The number of β-amino-alcohol motifs (C(OH)–C–C–N with tert-alkyl or cyclic N) is 1. The Morgan fingerprint density at radius 1 is 1.00 bits per heavy atom. The number of ether oxygens (including phenoxy) is 2. The molecule has 3 aromatic carbocycles. The molecule has 0 bridgehead atoms. The van der Waals surface area contributed by atoms with Gasteiger partial charge in [-0.25, -0.2) is 13.2 Å². The second kappa shape index (κ2) is 15.2. The summed E-state index contributed by atoms with van der Waals surface area (Å²) in [4.78, 5) is 15.1. The van der Waals surface area contributed by atoms with Crippen LogP contribution in [0.15, 0.2) is 90.0 Å². The fourth-order valence-corrected chi connectivity index (χ4v) is 6.56. The summed E-state index contributed by atoms with van der Waals surface area (Å²) in [5, 5.41) is 15.4. The number of anilines is 1. The summed E-state index contributed by atoms with van der Waals surface area (Å²) in [5.74, 6) is -0.306. The summed E-state index contributed by atoms with van der Waals surface area (Å²) in [6.45, 7) is 9.87. The van der Waals surface area contributed by atoms with Crippen LogP contribution < -0.4 is 10.0 Å². The van der Waals surface area contributed by atoms with Crippen LogP contribution in [0.3, 0.4) is 0 Å². The molecule has 0 spiro atoms. The van der Waals surface area contributed by atoms with Gasteiger partial charge in [0.25, 0.3) is 10.0 Å². The van der Waals surface area contributed by atoms with Crippen molar-refractivity contribution in [1.82, 2.24) is 14.8 Å². The number of hydrogen-bond donors (Lipinski definition) is 3. The Morgan fingerprint density at radius 2 is 1.78 bits per heavy atom. The SMILES string of the molecule is CC(C)(CCn1ccc2cc(C(=O)OCCCN3CCOCC3)ccc21)NC[C@H](O)c1cccc(NS(=O)(=O)c2ccccc2)c1. The summed E-state index contributed by atoms with van der Waals surface area (Å²) in [5.41, 5.74) is 2.28. The van der Waals surface area contributed by atoms with Crippen LogP contribution in [0.1, 0.15) is 48.7 Å². The van der Waals surface area contributed by atoms with E-state index >= 15 is 0 Å². The Balaban J connectivity index is 1.10. The molecule has 1 saturated heterocycles. The molecular formula is C35H44N4O6S.